The zero-order valence-corrected chi connectivity index (χ0v) is 16.6. The third-order valence-electron chi connectivity index (χ3n) is 3.91. The SMILES string of the molecule is COc1ccc(OC)c(S(=O)(=O)NCCc2csc(-c3ccccc3)n2)c1. The molecular weight excluding hydrogens is 384 g/mol. The summed E-state index contributed by atoms with van der Waals surface area (Å²) in [5.41, 5.74) is 1.90. The molecule has 3 rings (SSSR count). The largest absolute Gasteiger partial charge is 0.497 e. The number of benzene rings is 2. The molecule has 1 N–H and O–H groups in total. The molecule has 0 saturated carbocycles. The number of sulfonamides is 1. The first-order chi connectivity index (χ1) is 13.0. The van der Waals surface area contributed by atoms with Gasteiger partial charge in [0.05, 0.1) is 19.9 Å². The summed E-state index contributed by atoms with van der Waals surface area (Å²) < 4.78 is 38.1. The molecule has 142 valence electrons. The van der Waals surface area contributed by atoms with Crippen LogP contribution >= 0.6 is 11.3 Å². The van der Waals surface area contributed by atoms with Crippen molar-refractivity contribution in [1.29, 1.82) is 0 Å². The zero-order chi connectivity index (χ0) is 19.3. The van der Waals surface area contributed by atoms with Crippen molar-refractivity contribution in [1.82, 2.24) is 9.71 Å². The molecule has 0 aliphatic heterocycles. The van der Waals surface area contributed by atoms with Crippen LogP contribution in [0.2, 0.25) is 0 Å². The van der Waals surface area contributed by atoms with E-state index in [0.717, 1.165) is 16.3 Å². The fourth-order valence-electron chi connectivity index (χ4n) is 2.52. The fraction of sp³-hybridized carbons (Fsp3) is 0.211. The van der Waals surface area contributed by atoms with Crippen LogP contribution in [0.5, 0.6) is 11.5 Å². The zero-order valence-electron chi connectivity index (χ0n) is 15.0. The number of aromatic nitrogens is 1. The van der Waals surface area contributed by atoms with E-state index in [2.05, 4.69) is 9.71 Å². The average Bonchev–Trinajstić information content (AvgIpc) is 3.17. The van der Waals surface area contributed by atoms with Gasteiger partial charge in [-0.2, -0.15) is 0 Å². The molecule has 0 saturated heterocycles. The minimum Gasteiger partial charge on any atom is -0.497 e. The van der Waals surface area contributed by atoms with Crippen molar-refractivity contribution in [3.63, 3.8) is 0 Å². The fourth-order valence-corrected chi connectivity index (χ4v) is 4.59. The molecule has 0 atom stereocenters. The van der Waals surface area contributed by atoms with Crippen LogP contribution in [0.3, 0.4) is 0 Å². The standard InChI is InChI=1S/C19H20N2O4S2/c1-24-16-8-9-17(25-2)18(12-16)27(22,23)20-11-10-15-13-26-19(21-15)14-6-4-3-5-7-14/h3-9,12-13,20H,10-11H2,1-2H3. The molecular formula is C19H20N2O4S2. The van der Waals surface area contributed by atoms with Crippen molar-refractivity contribution in [2.75, 3.05) is 20.8 Å². The highest BCUT2D eigenvalue weighted by molar-refractivity contribution is 7.89. The van der Waals surface area contributed by atoms with Crippen molar-refractivity contribution >= 4 is 21.4 Å². The van der Waals surface area contributed by atoms with E-state index in [1.165, 1.54) is 20.3 Å². The lowest BCUT2D eigenvalue weighted by atomic mass is 10.2. The molecule has 2 aromatic carbocycles. The van der Waals surface area contributed by atoms with E-state index >= 15 is 0 Å². The van der Waals surface area contributed by atoms with E-state index in [0.29, 0.717) is 12.2 Å². The number of ether oxygens (including phenoxy) is 2. The van der Waals surface area contributed by atoms with Crippen molar-refractivity contribution in [2.24, 2.45) is 0 Å². The predicted molar refractivity (Wildman–Crippen MR) is 106 cm³/mol. The summed E-state index contributed by atoms with van der Waals surface area (Å²) in [6, 6.07) is 14.5. The van der Waals surface area contributed by atoms with Gasteiger partial charge in [-0.3, -0.25) is 0 Å². The summed E-state index contributed by atoms with van der Waals surface area (Å²) >= 11 is 1.54. The average molecular weight is 405 g/mol. The first-order valence-corrected chi connectivity index (χ1v) is 10.6. The highest BCUT2D eigenvalue weighted by atomic mass is 32.2. The van der Waals surface area contributed by atoms with E-state index in [1.54, 1.807) is 23.5 Å². The number of rotatable bonds is 8. The van der Waals surface area contributed by atoms with Gasteiger partial charge in [0.15, 0.2) is 0 Å². The molecule has 0 fully saturated rings. The lowest BCUT2D eigenvalue weighted by Crippen LogP contribution is -2.26. The first kappa shape index (κ1) is 19.3. The third-order valence-corrected chi connectivity index (χ3v) is 6.33. The molecule has 1 heterocycles. The Morgan fingerprint density at radius 2 is 1.85 bits per heavy atom. The maximum Gasteiger partial charge on any atom is 0.244 e. The Kier molecular flexibility index (Phi) is 6.10. The van der Waals surface area contributed by atoms with Gasteiger partial charge in [0, 0.05) is 30.0 Å². The van der Waals surface area contributed by atoms with E-state index in [9.17, 15) is 8.42 Å². The van der Waals surface area contributed by atoms with Gasteiger partial charge in [0.1, 0.15) is 21.4 Å². The van der Waals surface area contributed by atoms with Crippen LogP contribution in [0, 0.1) is 0 Å². The maximum atomic E-state index is 12.6. The molecule has 0 unspecified atom stereocenters. The second-order valence-corrected chi connectivity index (χ2v) is 8.27. The first-order valence-electron chi connectivity index (χ1n) is 8.25. The van der Waals surface area contributed by atoms with Gasteiger partial charge in [-0.25, -0.2) is 18.1 Å². The van der Waals surface area contributed by atoms with E-state index in [-0.39, 0.29) is 17.2 Å². The van der Waals surface area contributed by atoms with Gasteiger partial charge in [-0.05, 0) is 12.1 Å². The minimum absolute atomic E-state index is 0.0487. The van der Waals surface area contributed by atoms with Crippen molar-refractivity contribution in [2.45, 2.75) is 11.3 Å². The molecule has 3 aromatic rings. The summed E-state index contributed by atoms with van der Waals surface area (Å²) in [6.07, 6.45) is 0.495. The van der Waals surface area contributed by atoms with Crippen molar-refractivity contribution < 1.29 is 17.9 Å². The van der Waals surface area contributed by atoms with Gasteiger partial charge < -0.3 is 9.47 Å². The summed E-state index contributed by atoms with van der Waals surface area (Å²) in [5, 5.41) is 2.87. The number of nitrogens with zero attached hydrogens (tertiary/aromatic N) is 1. The van der Waals surface area contributed by atoms with E-state index < -0.39 is 10.0 Å². The van der Waals surface area contributed by atoms with Crippen molar-refractivity contribution in [3.05, 3.63) is 59.6 Å². The predicted octanol–water partition coefficient (Wildman–Crippen LogP) is 3.35. The molecule has 0 aliphatic rings. The Morgan fingerprint density at radius 3 is 2.56 bits per heavy atom. The Balaban J connectivity index is 1.67. The summed E-state index contributed by atoms with van der Waals surface area (Å²) in [5.74, 6) is 0.714. The number of hydrogen-bond acceptors (Lipinski definition) is 6. The molecule has 8 heteroatoms. The van der Waals surface area contributed by atoms with Gasteiger partial charge in [-0.15, -0.1) is 11.3 Å². The number of methoxy groups -OCH3 is 2. The van der Waals surface area contributed by atoms with Crippen LogP contribution in [0.25, 0.3) is 10.6 Å². The highest BCUT2D eigenvalue weighted by Gasteiger charge is 2.20. The van der Waals surface area contributed by atoms with Crippen LogP contribution in [0.15, 0.2) is 58.8 Å². The third kappa shape index (κ3) is 4.65. The number of nitrogens with one attached hydrogen (secondary N) is 1. The molecule has 6 nitrogen and oxygen atoms in total. The Hall–Kier alpha value is -2.42. The smallest absolute Gasteiger partial charge is 0.244 e. The maximum absolute atomic E-state index is 12.6. The quantitative estimate of drug-likeness (QED) is 0.623. The van der Waals surface area contributed by atoms with Gasteiger partial charge in [-0.1, -0.05) is 30.3 Å². The molecule has 27 heavy (non-hydrogen) atoms. The van der Waals surface area contributed by atoms with E-state index in [1.807, 2.05) is 35.7 Å². The lowest BCUT2D eigenvalue weighted by Gasteiger charge is -2.11. The monoisotopic (exact) mass is 404 g/mol. The topological polar surface area (TPSA) is 77.5 Å². The Labute approximate surface area is 162 Å². The summed E-state index contributed by atoms with van der Waals surface area (Å²) in [7, 11) is -0.814. The second-order valence-electron chi connectivity index (χ2n) is 5.67. The second kappa shape index (κ2) is 8.51. The minimum atomic E-state index is -3.73. The van der Waals surface area contributed by atoms with Gasteiger partial charge in [0.25, 0.3) is 0 Å². The van der Waals surface area contributed by atoms with Crippen LogP contribution in [0.1, 0.15) is 5.69 Å². The van der Waals surface area contributed by atoms with Gasteiger partial charge >= 0.3 is 0 Å². The number of thiazole rings is 1. The molecule has 0 aliphatic carbocycles. The Morgan fingerprint density at radius 1 is 1.07 bits per heavy atom. The van der Waals surface area contributed by atoms with Crippen molar-refractivity contribution in [3.8, 4) is 22.1 Å². The highest BCUT2D eigenvalue weighted by Crippen LogP contribution is 2.28. The normalized spacial score (nSPS) is 11.3. The molecule has 0 radical (unpaired) electrons. The lowest BCUT2D eigenvalue weighted by molar-refractivity contribution is 0.392. The summed E-state index contributed by atoms with van der Waals surface area (Å²) in [6.45, 7) is 0.237. The van der Waals surface area contributed by atoms with E-state index in [4.69, 9.17) is 9.47 Å². The Bertz CT molecular complexity index is 1000. The molecule has 0 bridgehead atoms. The molecule has 0 amide bonds. The van der Waals surface area contributed by atoms with Gasteiger partial charge in [0.2, 0.25) is 10.0 Å². The molecule has 1 aromatic heterocycles. The van der Waals surface area contributed by atoms with Crippen LogP contribution in [-0.4, -0.2) is 34.2 Å². The molecule has 0 spiro atoms. The summed E-state index contributed by atoms with van der Waals surface area (Å²) in [4.78, 5) is 4.62. The van der Waals surface area contributed by atoms with Crippen LogP contribution < -0.4 is 14.2 Å². The number of hydrogen-bond donors (Lipinski definition) is 1. The van der Waals surface area contributed by atoms with Crippen LogP contribution in [-0.2, 0) is 16.4 Å². The van der Waals surface area contributed by atoms with Crippen LogP contribution in [0.4, 0.5) is 0 Å².